The van der Waals surface area contributed by atoms with Crippen molar-refractivity contribution in [2.45, 2.75) is 51.0 Å². The van der Waals surface area contributed by atoms with Crippen molar-refractivity contribution in [3.63, 3.8) is 0 Å². The molecule has 1 N–H and O–H groups in total. The zero-order valence-electron chi connectivity index (χ0n) is 9.82. The van der Waals surface area contributed by atoms with Crippen molar-refractivity contribution in [1.29, 1.82) is 0 Å². The van der Waals surface area contributed by atoms with E-state index in [9.17, 15) is 4.79 Å². The Labute approximate surface area is 96.9 Å². The van der Waals surface area contributed by atoms with Gasteiger partial charge < -0.3 is 14.6 Å². The number of rotatable bonds is 8. The minimum atomic E-state index is -0.687. The lowest BCUT2D eigenvalue weighted by Crippen LogP contribution is -2.28. The molecular weight excluding hydrogens is 208 g/mol. The molecule has 1 atom stereocenters. The Morgan fingerprint density at radius 1 is 1.12 bits per heavy atom. The SMILES string of the molecule is O=C(O)CCCCCCCC1COCCO1. The number of ether oxygens (including phenoxy) is 2. The first-order valence-electron chi connectivity index (χ1n) is 6.20. The molecule has 4 nitrogen and oxygen atoms in total. The van der Waals surface area contributed by atoms with E-state index in [0.29, 0.717) is 6.42 Å². The molecule has 4 heteroatoms. The molecule has 1 saturated heterocycles. The Morgan fingerprint density at radius 3 is 2.56 bits per heavy atom. The van der Waals surface area contributed by atoms with Gasteiger partial charge in [-0.1, -0.05) is 25.7 Å². The van der Waals surface area contributed by atoms with Crippen LogP contribution in [0.15, 0.2) is 0 Å². The fraction of sp³-hybridized carbons (Fsp3) is 0.917. The lowest BCUT2D eigenvalue weighted by atomic mass is 10.1. The van der Waals surface area contributed by atoms with Crippen LogP contribution in [0.5, 0.6) is 0 Å². The third-order valence-corrected chi connectivity index (χ3v) is 2.80. The summed E-state index contributed by atoms with van der Waals surface area (Å²) in [5.41, 5.74) is 0. The molecule has 1 unspecified atom stereocenters. The minimum Gasteiger partial charge on any atom is -0.481 e. The van der Waals surface area contributed by atoms with Gasteiger partial charge in [0.05, 0.1) is 25.9 Å². The summed E-state index contributed by atoms with van der Waals surface area (Å²) in [5, 5.41) is 8.46. The van der Waals surface area contributed by atoms with Crippen LogP contribution in [0.3, 0.4) is 0 Å². The molecule has 0 aromatic carbocycles. The van der Waals surface area contributed by atoms with Gasteiger partial charge in [-0.3, -0.25) is 4.79 Å². The molecule has 0 aromatic heterocycles. The fourth-order valence-electron chi connectivity index (χ4n) is 1.88. The van der Waals surface area contributed by atoms with E-state index in [1.807, 2.05) is 0 Å². The topological polar surface area (TPSA) is 55.8 Å². The van der Waals surface area contributed by atoms with Gasteiger partial charge in [-0.15, -0.1) is 0 Å². The second-order valence-electron chi connectivity index (χ2n) is 4.27. The van der Waals surface area contributed by atoms with Gasteiger partial charge in [0.1, 0.15) is 0 Å². The van der Waals surface area contributed by atoms with E-state index in [4.69, 9.17) is 14.6 Å². The van der Waals surface area contributed by atoms with Crippen molar-refractivity contribution >= 4 is 5.97 Å². The summed E-state index contributed by atoms with van der Waals surface area (Å²) in [4.78, 5) is 10.3. The Kier molecular flexibility index (Phi) is 7.17. The average Bonchev–Trinajstić information content (AvgIpc) is 2.29. The van der Waals surface area contributed by atoms with Crippen LogP contribution in [0.2, 0.25) is 0 Å². The van der Waals surface area contributed by atoms with Crippen molar-refractivity contribution in [2.75, 3.05) is 19.8 Å². The molecule has 1 aliphatic rings. The highest BCUT2D eigenvalue weighted by Crippen LogP contribution is 2.12. The molecule has 94 valence electrons. The van der Waals surface area contributed by atoms with Crippen LogP contribution in [0.25, 0.3) is 0 Å². The van der Waals surface area contributed by atoms with Crippen LogP contribution in [-0.4, -0.2) is 37.0 Å². The van der Waals surface area contributed by atoms with Crippen molar-refractivity contribution in [1.82, 2.24) is 0 Å². The molecule has 1 aliphatic heterocycles. The van der Waals surface area contributed by atoms with E-state index in [-0.39, 0.29) is 6.10 Å². The van der Waals surface area contributed by atoms with Gasteiger partial charge in [-0.05, 0) is 12.8 Å². The van der Waals surface area contributed by atoms with E-state index < -0.39 is 5.97 Å². The Morgan fingerprint density at radius 2 is 1.88 bits per heavy atom. The normalized spacial score (nSPS) is 20.9. The summed E-state index contributed by atoms with van der Waals surface area (Å²) >= 11 is 0. The van der Waals surface area contributed by atoms with Gasteiger partial charge in [-0.25, -0.2) is 0 Å². The van der Waals surface area contributed by atoms with Crippen LogP contribution < -0.4 is 0 Å². The predicted molar refractivity (Wildman–Crippen MR) is 60.5 cm³/mol. The van der Waals surface area contributed by atoms with Gasteiger partial charge >= 0.3 is 5.97 Å². The summed E-state index contributed by atoms with van der Waals surface area (Å²) < 4.78 is 10.8. The minimum absolute atomic E-state index is 0.285. The second kappa shape index (κ2) is 8.53. The van der Waals surface area contributed by atoms with Crippen LogP contribution in [0, 0.1) is 0 Å². The van der Waals surface area contributed by atoms with Crippen molar-refractivity contribution in [3.05, 3.63) is 0 Å². The third kappa shape index (κ3) is 6.80. The number of carbonyl (C=O) groups is 1. The van der Waals surface area contributed by atoms with E-state index in [0.717, 1.165) is 51.9 Å². The average molecular weight is 230 g/mol. The molecule has 0 aromatic rings. The monoisotopic (exact) mass is 230 g/mol. The summed E-state index contributed by atoms with van der Waals surface area (Å²) in [5.74, 6) is -0.687. The molecule has 1 rings (SSSR count). The largest absolute Gasteiger partial charge is 0.481 e. The van der Waals surface area contributed by atoms with Gasteiger partial charge in [-0.2, -0.15) is 0 Å². The van der Waals surface area contributed by atoms with Crippen LogP contribution in [0.4, 0.5) is 0 Å². The number of aliphatic carboxylic acids is 1. The van der Waals surface area contributed by atoms with Crippen molar-refractivity contribution < 1.29 is 19.4 Å². The standard InChI is InChI=1S/C12H22O4/c13-12(14)7-5-3-1-2-4-6-11-10-15-8-9-16-11/h11H,1-10H2,(H,13,14). The Bertz CT molecular complexity index is 187. The highest BCUT2D eigenvalue weighted by atomic mass is 16.6. The summed E-state index contributed by atoms with van der Waals surface area (Å²) in [6, 6.07) is 0. The number of carboxylic acids is 1. The van der Waals surface area contributed by atoms with Crippen LogP contribution >= 0.6 is 0 Å². The van der Waals surface area contributed by atoms with E-state index in [1.165, 1.54) is 6.42 Å². The Hall–Kier alpha value is -0.610. The number of unbranched alkanes of at least 4 members (excludes halogenated alkanes) is 4. The molecule has 1 fully saturated rings. The lowest BCUT2D eigenvalue weighted by Gasteiger charge is -2.22. The van der Waals surface area contributed by atoms with E-state index in [1.54, 1.807) is 0 Å². The first-order chi connectivity index (χ1) is 7.79. The van der Waals surface area contributed by atoms with Crippen LogP contribution in [0.1, 0.15) is 44.9 Å². The van der Waals surface area contributed by atoms with Gasteiger partial charge in [0, 0.05) is 6.42 Å². The third-order valence-electron chi connectivity index (χ3n) is 2.80. The number of carboxylic acid groups (broad SMARTS) is 1. The zero-order valence-corrected chi connectivity index (χ0v) is 9.82. The maximum Gasteiger partial charge on any atom is 0.303 e. The first-order valence-corrected chi connectivity index (χ1v) is 6.20. The number of hydrogen-bond donors (Lipinski definition) is 1. The second-order valence-corrected chi connectivity index (χ2v) is 4.27. The fourth-order valence-corrected chi connectivity index (χ4v) is 1.88. The highest BCUT2D eigenvalue weighted by Gasteiger charge is 2.13. The smallest absolute Gasteiger partial charge is 0.303 e. The molecular formula is C12H22O4. The van der Waals surface area contributed by atoms with E-state index in [2.05, 4.69) is 0 Å². The number of hydrogen-bond acceptors (Lipinski definition) is 3. The van der Waals surface area contributed by atoms with Gasteiger partial charge in [0.15, 0.2) is 0 Å². The van der Waals surface area contributed by atoms with E-state index >= 15 is 0 Å². The molecule has 0 spiro atoms. The summed E-state index contributed by atoms with van der Waals surface area (Å²) in [6.07, 6.45) is 6.93. The maximum atomic E-state index is 10.3. The predicted octanol–water partition coefficient (Wildman–Crippen LogP) is 2.22. The molecule has 0 aliphatic carbocycles. The summed E-state index contributed by atoms with van der Waals surface area (Å²) in [7, 11) is 0. The molecule has 0 amide bonds. The maximum absolute atomic E-state index is 10.3. The molecule has 16 heavy (non-hydrogen) atoms. The first kappa shape index (κ1) is 13.5. The Balaban J connectivity index is 1.82. The van der Waals surface area contributed by atoms with Crippen molar-refractivity contribution in [3.8, 4) is 0 Å². The van der Waals surface area contributed by atoms with Crippen LogP contribution in [-0.2, 0) is 14.3 Å². The molecule has 1 heterocycles. The summed E-state index contributed by atoms with van der Waals surface area (Å²) in [6.45, 7) is 2.19. The molecule has 0 radical (unpaired) electrons. The van der Waals surface area contributed by atoms with Crippen molar-refractivity contribution in [2.24, 2.45) is 0 Å². The zero-order chi connectivity index (χ0) is 11.6. The van der Waals surface area contributed by atoms with Gasteiger partial charge in [0.25, 0.3) is 0 Å². The van der Waals surface area contributed by atoms with Gasteiger partial charge in [0.2, 0.25) is 0 Å². The lowest BCUT2D eigenvalue weighted by molar-refractivity contribution is -0.137. The highest BCUT2D eigenvalue weighted by molar-refractivity contribution is 5.66. The molecule has 0 saturated carbocycles. The quantitative estimate of drug-likeness (QED) is 0.649. The molecule has 0 bridgehead atoms.